The number of halogens is 1. The molecule has 0 bridgehead atoms. The summed E-state index contributed by atoms with van der Waals surface area (Å²) >= 11 is 0. The molecule has 1 amide bonds. The SMILES string of the molecule is CS(=O)(=O)N1CC(C(=O)N2CCN(c3ccccc3F)CC2)C1. The number of hydrogen-bond acceptors (Lipinski definition) is 4. The van der Waals surface area contributed by atoms with E-state index in [1.54, 1.807) is 23.1 Å². The van der Waals surface area contributed by atoms with Gasteiger partial charge in [-0.15, -0.1) is 0 Å². The Kier molecular flexibility index (Phi) is 4.29. The van der Waals surface area contributed by atoms with E-state index in [1.807, 2.05) is 4.90 Å². The van der Waals surface area contributed by atoms with Crippen LogP contribution in [0.25, 0.3) is 0 Å². The normalized spacial score (nSPS) is 20.4. The molecule has 0 spiro atoms. The van der Waals surface area contributed by atoms with Crippen LogP contribution in [-0.4, -0.2) is 69.1 Å². The van der Waals surface area contributed by atoms with E-state index in [-0.39, 0.29) is 30.7 Å². The second-order valence-electron chi connectivity index (χ2n) is 6.04. The summed E-state index contributed by atoms with van der Waals surface area (Å²) < 4.78 is 37.8. The van der Waals surface area contributed by atoms with Crippen LogP contribution in [0, 0.1) is 11.7 Å². The molecule has 23 heavy (non-hydrogen) atoms. The number of para-hydroxylation sites is 1. The maximum Gasteiger partial charge on any atom is 0.228 e. The van der Waals surface area contributed by atoms with Crippen LogP contribution in [0.5, 0.6) is 0 Å². The Morgan fingerprint density at radius 2 is 1.74 bits per heavy atom. The summed E-state index contributed by atoms with van der Waals surface area (Å²) in [5.74, 6) is -0.502. The van der Waals surface area contributed by atoms with Gasteiger partial charge in [0.2, 0.25) is 15.9 Å². The van der Waals surface area contributed by atoms with E-state index in [2.05, 4.69) is 0 Å². The van der Waals surface area contributed by atoms with Gasteiger partial charge in [-0.3, -0.25) is 4.79 Å². The molecular weight excluding hydrogens is 321 g/mol. The van der Waals surface area contributed by atoms with Crippen LogP contribution >= 0.6 is 0 Å². The summed E-state index contributed by atoms with van der Waals surface area (Å²) in [5, 5.41) is 0. The van der Waals surface area contributed by atoms with Gasteiger partial charge in [-0.05, 0) is 12.1 Å². The lowest BCUT2D eigenvalue weighted by atomic mass is 10.0. The average molecular weight is 341 g/mol. The molecule has 0 N–H and O–H groups in total. The number of carbonyl (C=O) groups is 1. The topological polar surface area (TPSA) is 60.9 Å². The molecule has 0 unspecified atom stereocenters. The Balaban J connectivity index is 1.54. The highest BCUT2D eigenvalue weighted by molar-refractivity contribution is 7.88. The van der Waals surface area contributed by atoms with Gasteiger partial charge in [0.1, 0.15) is 5.82 Å². The van der Waals surface area contributed by atoms with Crippen LogP contribution in [0.1, 0.15) is 0 Å². The van der Waals surface area contributed by atoms with Gasteiger partial charge in [0.05, 0.1) is 17.9 Å². The molecule has 1 aromatic rings. The molecule has 2 saturated heterocycles. The molecule has 0 saturated carbocycles. The van der Waals surface area contributed by atoms with Crippen molar-refractivity contribution >= 4 is 21.6 Å². The molecule has 0 radical (unpaired) electrons. The minimum Gasteiger partial charge on any atom is -0.366 e. The molecule has 126 valence electrons. The summed E-state index contributed by atoms with van der Waals surface area (Å²) in [6, 6.07) is 6.62. The fraction of sp³-hybridized carbons (Fsp3) is 0.533. The molecule has 2 aliphatic heterocycles. The Morgan fingerprint density at radius 1 is 1.13 bits per heavy atom. The smallest absolute Gasteiger partial charge is 0.228 e. The maximum absolute atomic E-state index is 13.8. The lowest BCUT2D eigenvalue weighted by molar-refractivity contribution is -0.139. The van der Waals surface area contributed by atoms with Crippen molar-refractivity contribution in [3.63, 3.8) is 0 Å². The molecule has 6 nitrogen and oxygen atoms in total. The van der Waals surface area contributed by atoms with E-state index < -0.39 is 10.0 Å². The summed E-state index contributed by atoms with van der Waals surface area (Å²) in [5.41, 5.74) is 0.562. The third kappa shape index (κ3) is 3.32. The highest BCUT2D eigenvalue weighted by Crippen LogP contribution is 2.24. The van der Waals surface area contributed by atoms with E-state index >= 15 is 0 Å². The predicted octanol–water partition coefficient (Wildman–Crippen LogP) is 0.366. The quantitative estimate of drug-likeness (QED) is 0.797. The minimum absolute atomic E-state index is 0.00177. The van der Waals surface area contributed by atoms with Crippen LogP contribution in [0.2, 0.25) is 0 Å². The molecule has 8 heteroatoms. The van der Waals surface area contributed by atoms with Gasteiger partial charge < -0.3 is 9.80 Å². The maximum atomic E-state index is 13.8. The lowest BCUT2D eigenvalue weighted by Crippen LogP contribution is -2.58. The van der Waals surface area contributed by atoms with E-state index in [1.165, 1.54) is 10.4 Å². The highest BCUT2D eigenvalue weighted by Gasteiger charge is 2.40. The first kappa shape index (κ1) is 16.2. The zero-order valence-electron chi connectivity index (χ0n) is 13.0. The number of sulfonamides is 1. The van der Waals surface area contributed by atoms with Gasteiger partial charge in [-0.25, -0.2) is 17.1 Å². The van der Waals surface area contributed by atoms with Crippen molar-refractivity contribution in [1.82, 2.24) is 9.21 Å². The van der Waals surface area contributed by atoms with E-state index in [9.17, 15) is 17.6 Å². The number of anilines is 1. The Hall–Kier alpha value is -1.67. The molecule has 2 fully saturated rings. The Labute approximate surface area is 135 Å². The fourth-order valence-corrected chi connectivity index (χ4v) is 3.90. The first-order valence-electron chi connectivity index (χ1n) is 7.59. The molecular formula is C15H20FN3O3S. The van der Waals surface area contributed by atoms with Crippen molar-refractivity contribution in [2.45, 2.75) is 0 Å². The van der Waals surface area contributed by atoms with Gasteiger partial charge in [-0.1, -0.05) is 12.1 Å². The fourth-order valence-electron chi connectivity index (χ4n) is 3.00. The van der Waals surface area contributed by atoms with Crippen LogP contribution in [0.4, 0.5) is 10.1 Å². The van der Waals surface area contributed by atoms with E-state index in [4.69, 9.17) is 0 Å². The Bertz CT molecular complexity index is 696. The second kappa shape index (κ2) is 6.09. The average Bonchev–Trinajstić information content (AvgIpc) is 2.45. The molecule has 0 aliphatic carbocycles. The summed E-state index contributed by atoms with van der Waals surface area (Å²) in [7, 11) is -3.20. The van der Waals surface area contributed by atoms with Crippen LogP contribution in [0.3, 0.4) is 0 Å². The predicted molar refractivity (Wildman–Crippen MR) is 85.1 cm³/mol. The van der Waals surface area contributed by atoms with Gasteiger partial charge in [0.25, 0.3) is 0 Å². The van der Waals surface area contributed by atoms with Crippen LogP contribution < -0.4 is 4.90 Å². The zero-order valence-corrected chi connectivity index (χ0v) is 13.8. The molecule has 2 heterocycles. The number of carbonyl (C=O) groups excluding carboxylic acids is 1. The largest absolute Gasteiger partial charge is 0.366 e. The number of amides is 1. The molecule has 2 aliphatic rings. The van der Waals surface area contributed by atoms with Crippen molar-refractivity contribution < 1.29 is 17.6 Å². The third-order valence-electron chi connectivity index (χ3n) is 4.45. The summed E-state index contributed by atoms with van der Waals surface area (Å²) in [4.78, 5) is 16.1. The van der Waals surface area contributed by atoms with Crippen molar-refractivity contribution in [3.8, 4) is 0 Å². The number of benzene rings is 1. The molecule has 0 atom stereocenters. The summed E-state index contributed by atoms with van der Waals surface area (Å²) in [6.07, 6.45) is 1.15. The first-order chi connectivity index (χ1) is 10.9. The third-order valence-corrected chi connectivity index (χ3v) is 5.69. The monoisotopic (exact) mass is 341 g/mol. The van der Waals surface area contributed by atoms with E-state index in [0.29, 0.717) is 31.9 Å². The van der Waals surface area contributed by atoms with Crippen molar-refractivity contribution in [2.75, 3.05) is 50.4 Å². The van der Waals surface area contributed by atoms with Gasteiger partial charge in [0, 0.05) is 39.3 Å². The lowest BCUT2D eigenvalue weighted by Gasteiger charge is -2.42. The van der Waals surface area contributed by atoms with Crippen molar-refractivity contribution in [3.05, 3.63) is 30.1 Å². The van der Waals surface area contributed by atoms with Crippen molar-refractivity contribution in [1.29, 1.82) is 0 Å². The minimum atomic E-state index is -3.20. The molecule has 0 aromatic heterocycles. The van der Waals surface area contributed by atoms with Gasteiger partial charge in [-0.2, -0.15) is 0 Å². The molecule has 3 rings (SSSR count). The first-order valence-corrected chi connectivity index (χ1v) is 9.44. The number of rotatable bonds is 3. The van der Waals surface area contributed by atoms with Crippen LogP contribution in [-0.2, 0) is 14.8 Å². The second-order valence-corrected chi connectivity index (χ2v) is 8.02. The number of nitrogens with zero attached hydrogens (tertiary/aromatic N) is 3. The standard InChI is InChI=1S/C15H20FN3O3S/c1-23(21,22)19-10-12(11-19)15(20)18-8-6-17(7-9-18)14-5-3-2-4-13(14)16/h2-5,12H,6-11H2,1H3. The molecule has 1 aromatic carbocycles. The zero-order chi connectivity index (χ0) is 16.6. The van der Waals surface area contributed by atoms with Crippen LogP contribution in [0.15, 0.2) is 24.3 Å². The number of piperazine rings is 1. The summed E-state index contributed by atoms with van der Waals surface area (Å²) in [6.45, 7) is 2.76. The van der Waals surface area contributed by atoms with Gasteiger partial charge in [0.15, 0.2) is 0 Å². The number of hydrogen-bond donors (Lipinski definition) is 0. The highest BCUT2D eigenvalue weighted by atomic mass is 32.2. The van der Waals surface area contributed by atoms with Gasteiger partial charge >= 0.3 is 0 Å². The Morgan fingerprint density at radius 3 is 2.30 bits per heavy atom. The van der Waals surface area contributed by atoms with Crippen molar-refractivity contribution in [2.24, 2.45) is 5.92 Å². The van der Waals surface area contributed by atoms with E-state index in [0.717, 1.165) is 6.26 Å².